The zero-order valence-electron chi connectivity index (χ0n) is 5.72. The molecular weight excluding hydrogens is 124 g/mol. The van der Waals surface area contributed by atoms with Crippen molar-refractivity contribution in [2.75, 3.05) is 7.11 Å². The lowest BCUT2D eigenvalue weighted by molar-refractivity contribution is 0.413. The average Bonchev–Trinajstić information content (AvgIpc) is 2.04. The number of benzene rings is 1. The highest BCUT2D eigenvalue weighted by Gasteiger charge is 1.94. The van der Waals surface area contributed by atoms with Gasteiger partial charge in [0.2, 0.25) is 0 Å². The topological polar surface area (TPSA) is 9.23 Å². The molecule has 0 bridgehead atoms. The van der Waals surface area contributed by atoms with Crippen LogP contribution in [0.25, 0.3) is 0 Å². The van der Waals surface area contributed by atoms with Gasteiger partial charge in [-0.2, -0.15) is 0 Å². The second-order valence-electron chi connectivity index (χ2n) is 1.77. The molecule has 0 amide bonds. The fourth-order valence-electron chi connectivity index (χ4n) is 0.703. The molecule has 0 aliphatic rings. The highest BCUT2D eigenvalue weighted by molar-refractivity contribution is 5.43. The first-order valence-electron chi connectivity index (χ1n) is 2.89. The van der Waals surface area contributed by atoms with Crippen molar-refractivity contribution >= 4 is 0 Å². The molecule has 10 heavy (non-hydrogen) atoms. The van der Waals surface area contributed by atoms with E-state index in [9.17, 15) is 0 Å². The van der Waals surface area contributed by atoms with Crippen LogP contribution in [0.15, 0.2) is 18.2 Å². The molecule has 1 rings (SSSR count). The van der Waals surface area contributed by atoms with Gasteiger partial charge in [0.05, 0.1) is 12.7 Å². The molecule has 1 nitrogen and oxygen atoms in total. The van der Waals surface area contributed by atoms with E-state index in [1.807, 2.05) is 0 Å². The maximum absolute atomic E-state index is 5.18. The maximum atomic E-state index is 5.18. The summed E-state index contributed by atoms with van der Waals surface area (Å²) in [6, 6.07) is 8.14. The number of methoxy groups -OCH3 is 1. The molecule has 0 spiro atoms. The van der Waals surface area contributed by atoms with Crippen molar-refractivity contribution in [2.45, 2.75) is 0 Å². The van der Waals surface area contributed by atoms with Gasteiger partial charge in [-0.05, 0) is 18.2 Å². The van der Waals surface area contributed by atoms with Crippen LogP contribution >= 0.6 is 0 Å². The Balaban J connectivity index is 3.12. The first-order valence-corrected chi connectivity index (χ1v) is 2.89. The number of hydrogen-bond acceptors (Lipinski definition) is 1. The summed E-state index contributed by atoms with van der Waals surface area (Å²) in [4.78, 5) is 0. The summed E-state index contributed by atoms with van der Waals surface area (Å²) in [5.74, 6) is 3.20. The zero-order chi connectivity index (χ0) is 7.40. The minimum absolute atomic E-state index is 0.699. The molecule has 0 atom stereocenters. The summed E-state index contributed by atoms with van der Waals surface area (Å²) in [6.45, 7) is 0. The summed E-state index contributed by atoms with van der Waals surface area (Å²) in [5.41, 5.74) is 0.765. The summed E-state index contributed by atoms with van der Waals surface area (Å²) in [5, 5.41) is 0. The Hall–Kier alpha value is -1.42. The quantitative estimate of drug-likeness (QED) is 0.524. The average molecular weight is 131 g/mol. The molecule has 0 fully saturated rings. The Labute approximate surface area is 60.6 Å². The van der Waals surface area contributed by atoms with E-state index in [0.717, 1.165) is 5.56 Å². The van der Waals surface area contributed by atoms with Crippen LogP contribution in [-0.4, -0.2) is 7.11 Å². The molecule has 1 radical (unpaired) electrons. The largest absolute Gasteiger partial charge is 0.495 e. The Morgan fingerprint density at radius 2 is 2.50 bits per heavy atom. The van der Waals surface area contributed by atoms with Crippen LogP contribution in [0, 0.1) is 18.4 Å². The van der Waals surface area contributed by atoms with Crippen LogP contribution in [0.4, 0.5) is 0 Å². The molecule has 0 saturated carbocycles. The fourth-order valence-corrected chi connectivity index (χ4v) is 0.703. The number of rotatable bonds is 1. The third-order valence-electron chi connectivity index (χ3n) is 1.20. The lowest BCUT2D eigenvalue weighted by atomic mass is 10.2. The van der Waals surface area contributed by atoms with Crippen molar-refractivity contribution in [3.8, 4) is 18.1 Å². The Morgan fingerprint density at radius 1 is 1.70 bits per heavy atom. The molecule has 0 unspecified atom stereocenters. The van der Waals surface area contributed by atoms with Crippen molar-refractivity contribution < 1.29 is 4.74 Å². The van der Waals surface area contributed by atoms with Gasteiger partial charge >= 0.3 is 0 Å². The van der Waals surface area contributed by atoms with E-state index in [-0.39, 0.29) is 0 Å². The third-order valence-corrected chi connectivity index (χ3v) is 1.20. The molecule has 0 aliphatic heterocycles. The van der Waals surface area contributed by atoms with Crippen LogP contribution in [0.2, 0.25) is 0 Å². The van der Waals surface area contributed by atoms with Gasteiger partial charge in [0, 0.05) is 0 Å². The van der Waals surface area contributed by atoms with Gasteiger partial charge in [0.15, 0.2) is 0 Å². The normalized spacial score (nSPS) is 8.40. The van der Waals surface area contributed by atoms with E-state index in [0.29, 0.717) is 5.75 Å². The minimum atomic E-state index is 0.699. The molecule has 1 heteroatoms. The highest BCUT2D eigenvalue weighted by atomic mass is 16.5. The SMILES string of the molecule is C#Cc1cc[c]cc1OC. The van der Waals surface area contributed by atoms with Gasteiger partial charge in [-0.25, -0.2) is 0 Å². The summed E-state index contributed by atoms with van der Waals surface area (Å²) in [7, 11) is 1.59. The lowest BCUT2D eigenvalue weighted by Gasteiger charge is -1.99. The van der Waals surface area contributed by atoms with E-state index in [1.165, 1.54) is 0 Å². The Morgan fingerprint density at radius 3 is 3.00 bits per heavy atom. The second-order valence-corrected chi connectivity index (χ2v) is 1.77. The molecule has 1 aromatic rings. The van der Waals surface area contributed by atoms with Crippen LogP contribution < -0.4 is 4.74 Å². The van der Waals surface area contributed by atoms with Crippen molar-refractivity contribution in [1.29, 1.82) is 0 Å². The summed E-state index contributed by atoms with van der Waals surface area (Å²) in [6.07, 6.45) is 5.18. The smallest absolute Gasteiger partial charge is 0.135 e. The van der Waals surface area contributed by atoms with E-state index in [1.54, 1.807) is 25.3 Å². The molecular formula is C9H7O. The van der Waals surface area contributed by atoms with Crippen LogP contribution in [0.3, 0.4) is 0 Å². The van der Waals surface area contributed by atoms with Gasteiger partial charge < -0.3 is 4.74 Å². The predicted molar refractivity (Wildman–Crippen MR) is 39.8 cm³/mol. The first kappa shape index (κ1) is 6.70. The zero-order valence-corrected chi connectivity index (χ0v) is 5.72. The molecule has 1 aromatic carbocycles. The van der Waals surface area contributed by atoms with E-state index >= 15 is 0 Å². The standard InChI is InChI=1S/C9H7O/c1-3-8-6-4-5-7-9(8)10-2/h1,4,6-7H,2H3. The lowest BCUT2D eigenvalue weighted by Crippen LogP contribution is -1.85. The van der Waals surface area contributed by atoms with Gasteiger partial charge in [0.1, 0.15) is 5.75 Å². The van der Waals surface area contributed by atoms with Crippen LogP contribution in [-0.2, 0) is 0 Å². The van der Waals surface area contributed by atoms with E-state index in [2.05, 4.69) is 12.0 Å². The van der Waals surface area contributed by atoms with E-state index < -0.39 is 0 Å². The van der Waals surface area contributed by atoms with Crippen molar-refractivity contribution in [3.05, 3.63) is 29.8 Å². The van der Waals surface area contributed by atoms with Gasteiger partial charge in [-0.3, -0.25) is 0 Å². The summed E-state index contributed by atoms with van der Waals surface area (Å²) >= 11 is 0. The van der Waals surface area contributed by atoms with Crippen molar-refractivity contribution in [3.63, 3.8) is 0 Å². The first-order chi connectivity index (χ1) is 4.88. The fraction of sp³-hybridized carbons (Fsp3) is 0.111. The molecule has 0 aliphatic carbocycles. The molecule has 0 aromatic heterocycles. The van der Waals surface area contributed by atoms with Gasteiger partial charge in [0.25, 0.3) is 0 Å². The molecule has 0 heterocycles. The Bertz CT molecular complexity index is 258. The number of ether oxygens (including phenoxy) is 1. The summed E-state index contributed by atoms with van der Waals surface area (Å²) < 4.78 is 4.96. The monoisotopic (exact) mass is 131 g/mol. The highest BCUT2D eigenvalue weighted by Crippen LogP contribution is 2.14. The maximum Gasteiger partial charge on any atom is 0.135 e. The number of hydrogen-bond donors (Lipinski definition) is 0. The van der Waals surface area contributed by atoms with Crippen molar-refractivity contribution in [2.24, 2.45) is 0 Å². The molecule has 49 valence electrons. The van der Waals surface area contributed by atoms with Gasteiger partial charge in [-0.1, -0.05) is 12.0 Å². The van der Waals surface area contributed by atoms with Crippen molar-refractivity contribution in [1.82, 2.24) is 0 Å². The molecule has 0 saturated heterocycles. The molecule has 0 N–H and O–H groups in total. The van der Waals surface area contributed by atoms with E-state index in [4.69, 9.17) is 11.2 Å². The second kappa shape index (κ2) is 2.93. The number of terminal acetylenes is 1. The Kier molecular flexibility index (Phi) is 1.96. The van der Waals surface area contributed by atoms with Crippen LogP contribution in [0.5, 0.6) is 5.75 Å². The predicted octanol–water partition coefficient (Wildman–Crippen LogP) is 1.48. The minimum Gasteiger partial charge on any atom is -0.495 e. The van der Waals surface area contributed by atoms with Gasteiger partial charge in [-0.15, -0.1) is 6.42 Å². The van der Waals surface area contributed by atoms with Crippen LogP contribution in [0.1, 0.15) is 5.56 Å². The third kappa shape index (κ3) is 1.11.